The Balaban J connectivity index is 2.01. The zero-order valence-corrected chi connectivity index (χ0v) is 10.8. The Kier molecular flexibility index (Phi) is 3.86. The van der Waals surface area contributed by atoms with Crippen LogP contribution in [-0.4, -0.2) is 44.4 Å². The Hall–Kier alpha value is -0.850. The summed E-state index contributed by atoms with van der Waals surface area (Å²) in [6.45, 7) is 2.22. The topological polar surface area (TPSA) is 65.2 Å². The molecular weight excluding hydrogens is 238 g/mol. The van der Waals surface area contributed by atoms with E-state index in [1.807, 2.05) is 7.05 Å². The van der Waals surface area contributed by atoms with Gasteiger partial charge in [0.25, 0.3) is 0 Å². The molecular formula is C11H19N3O2S. The summed E-state index contributed by atoms with van der Waals surface area (Å²) in [6, 6.07) is 1.61. The highest BCUT2D eigenvalue weighted by atomic mass is 32.2. The first kappa shape index (κ1) is 12.6. The van der Waals surface area contributed by atoms with E-state index in [-0.39, 0.29) is 0 Å². The molecule has 5 nitrogen and oxygen atoms in total. The van der Waals surface area contributed by atoms with Crippen LogP contribution < -0.4 is 5.32 Å². The van der Waals surface area contributed by atoms with Gasteiger partial charge in [0.1, 0.15) is 0 Å². The minimum Gasteiger partial charge on any atom is -0.366 e. The lowest BCUT2D eigenvalue weighted by atomic mass is 9.98. The molecule has 1 fully saturated rings. The van der Waals surface area contributed by atoms with Crippen molar-refractivity contribution in [1.29, 1.82) is 0 Å². The van der Waals surface area contributed by atoms with Gasteiger partial charge in [-0.25, -0.2) is 8.42 Å². The SMILES string of the molecule is CNCC1CCN(S(=O)(=O)c2cc[nH]c2)CC1. The minimum atomic E-state index is -3.28. The second kappa shape index (κ2) is 5.20. The highest BCUT2D eigenvalue weighted by Crippen LogP contribution is 2.22. The molecule has 0 saturated carbocycles. The number of hydrogen-bond acceptors (Lipinski definition) is 3. The quantitative estimate of drug-likeness (QED) is 0.831. The molecule has 1 saturated heterocycles. The summed E-state index contributed by atoms with van der Waals surface area (Å²) in [6.07, 6.45) is 5.05. The van der Waals surface area contributed by atoms with Crippen molar-refractivity contribution in [2.75, 3.05) is 26.7 Å². The Labute approximate surface area is 102 Å². The summed E-state index contributed by atoms with van der Waals surface area (Å²) in [4.78, 5) is 3.15. The van der Waals surface area contributed by atoms with Crippen molar-refractivity contribution in [3.8, 4) is 0 Å². The third-order valence-electron chi connectivity index (χ3n) is 3.27. The molecule has 1 aliphatic rings. The lowest BCUT2D eigenvalue weighted by Crippen LogP contribution is -2.40. The fourth-order valence-corrected chi connectivity index (χ4v) is 3.71. The number of aromatic amines is 1. The Morgan fingerprint density at radius 3 is 2.71 bits per heavy atom. The first-order valence-corrected chi connectivity index (χ1v) is 7.36. The molecule has 2 rings (SSSR count). The molecule has 0 atom stereocenters. The molecule has 0 radical (unpaired) electrons. The van der Waals surface area contributed by atoms with Crippen LogP contribution in [0.25, 0.3) is 0 Å². The van der Waals surface area contributed by atoms with Gasteiger partial charge in [-0.3, -0.25) is 0 Å². The van der Waals surface area contributed by atoms with E-state index in [9.17, 15) is 8.42 Å². The first-order chi connectivity index (χ1) is 8.14. The Bertz CT molecular complexity index is 433. The van der Waals surface area contributed by atoms with E-state index in [0.29, 0.717) is 23.9 Å². The first-order valence-electron chi connectivity index (χ1n) is 5.92. The normalized spacial score (nSPS) is 19.6. The van der Waals surface area contributed by atoms with Gasteiger partial charge in [-0.05, 0) is 38.4 Å². The third kappa shape index (κ3) is 2.70. The van der Waals surface area contributed by atoms with Crippen LogP contribution >= 0.6 is 0 Å². The summed E-state index contributed by atoms with van der Waals surface area (Å²) < 4.78 is 26.0. The maximum absolute atomic E-state index is 12.2. The van der Waals surface area contributed by atoms with E-state index in [0.717, 1.165) is 19.4 Å². The smallest absolute Gasteiger partial charge is 0.244 e. The second-order valence-corrected chi connectivity index (χ2v) is 6.39. The predicted molar refractivity (Wildman–Crippen MR) is 66.2 cm³/mol. The molecule has 1 aromatic rings. The summed E-state index contributed by atoms with van der Waals surface area (Å²) >= 11 is 0. The van der Waals surface area contributed by atoms with Crippen LogP contribution in [0.3, 0.4) is 0 Å². The van der Waals surface area contributed by atoms with Crippen LogP contribution in [0.15, 0.2) is 23.4 Å². The van der Waals surface area contributed by atoms with Crippen molar-refractivity contribution >= 4 is 10.0 Å². The molecule has 0 aromatic carbocycles. The molecule has 0 aliphatic carbocycles. The van der Waals surface area contributed by atoms with E-state index in [1.54, 1.807) is 16.6 Å². The fourth-order valence-electron chi connectivity index (χ4n) is 2.26. The van der Waals surface area contributed by atoms with Gasteiger partial charge in [0.2, 0.25) is 10.0 Å². The molecule has 0 unspecified atom stereocenters. The molecule has 1 aliphatic heterocycles. The average molecular weight is 257 g/mol. The van der Waals surface area contributed by atoms with Crippen molar-refractivity contribution in [1.82, 2.24) is 14.6 Å². The number of nitrogens with zero attached hydrogens (tertiary/aromatic N) is 1. The number of H-pyrrole nitrogens is 1. The number of piperidine rings is 1. The molecule has 1 aromatic heterocycles. The summed E-state index contributed by atoms with van der Waals surface area (Å²) in [5, 5.41) is 3.15. The number of aromatic nitrogens is 1. The van der Waals surface area contributed by atoms with Gasteiger partial charge in [0, 0.05) is 25.5 Å². The van der Waals surface area contributed by atoms with Crippen molar-refractivity contribution in [2.24, 2.45) is 5.92 Å². The van der Waals surface area contributed by atoms with E-state index in [4.69, 9.17) is 0 Å². The van der Waals surface area contributed by atoms with Crippen molar-refractivity contribution < 1.29 is 8.42 Å². The lowest BCUT2D eigenvalue weighted by Gasteiger charge is -2.30. The molecule has 2 N–H and O–H groups in total. The zero-order chi connectivity index (χ0) is 12.3. The number of hydrogen-bond donors (Lipinski definition) is 2. The molecule has 0 bridgehead atoms. The number of rotatable bonds is 4. The Morgan fingerprint density at radius 1 is 1.47 bits per heavy atom. The molecule has 17 heavy (non-hydrogen) atoms. The monoisotopic (exact) mass is 257 g/mol. The van der Waals surface area contributed by atoms with Gasteiger partial charge in [-0.1, -0.05) is 0 Å². The van der Waals surface area contributed by atoms with Crippen LogP contribution in [0, 0.1) is 5.92 Å². The number of sulfonamides is 1. The van der Waals surface area contributed by atoms with Crippen LogP contribution in [0.2, 0.25) is 0 Å². The third-order valence-corrected chi connectivity index (χ3v) is 5.17. The van der Waals surface area contributed by atoms with Crippen molar-refractivity contribution in [2.45, 2.75) is 17.7 Å². The largest absolute Gasteiger partial charge is 0.366 e. The fraction of sp³-hybridized carbons (Fsp3) is 0.636. The molecule has 0 spiro atoms. The second-order valence-electron chi connectivity index (χ2n) is 4.45. The maximum atomic E-state index is 12.2. The Morgan fingerprint density at radius 2 is 2.18 bits per heavy atom. The molecule has 2 heterocycles. The van der Waals surface area contributed by atoms with Crippen molar-refractivity contribution in [3.05, 3.63) is 18.5 Å². The highest BCUT2D eigenvalue weighted by molar-refractivity contribution is 7.89. The van der Waals surface area contributed by atoms with Gasteiger partial charge in [-0.2, -0.15) is 4.31 Å². The van der Waals surface area contributed by atoms with Gasteiger partial charge in [0.15, 0.2) is 0 Å². The minimum absolute atomic E-state index is 0.365. The maximum Gasteiger partial charge on any atom is 0.244 e. The highest BCUT2D eigenvalue weighted by Gasteiger charge is 2.29. The molecule has 6 heteroatoms. The predicted octanol–water partition coefficient (Wildman–Crippen LogP) is 0.635. The summed E-state index contributed by atoms with van der Waals surface area (Å²) in [5.41, 5.74) is 0. The standard InChI is InChI=1S/C11H19N3O2S/c1-12-8-10-3-6-14(7-4-10)17(15,16)11-2-5-13-9-11/h2,5,9-10,12-13H,3-4,6-8H2,1H3. The van der Waals surface area contributed by atoms with E-state index in [2.05, 4.69) is 10.3 Å². The van der Waals surface area contributed by atoms with Crippen molar-refractivity contribution in [3.63, 3.8) is 0 Å². The summed E-state index contributed by atoms with van der Waals surface area (Å²) in [7, 11) is -1.34. The van der Waals surface area contributed by atoms with E-state index in [1.165, 1.54) is 6.20 Å². The van der Waals surface area contributed by atoms with Gasteiger partial charge in [-0.15, -0.1) is 0 Å². The molecule has 96 valence electrons. The number of nitrogens with one attached hydrogen (secondary N) is 2. The van der Waals surface area contributed by atoms with Gasteiger partial charge >= 0.3 is 0 Å². The van der Waals surface area contributed by atoms with Gasteiger partial charge < -0.3 is 10.3 Å². The van der Waals surface area contributed by atoms with Crippen LogP contribution in [0.5, 0.6) is 0 Å². The van der Waals surface area contributed by atoms with Crippen LogP contribution in [0.4, 0.5) is 0 Å². The average Bonchev–Trinajstić information content (AvgIpc) is 2.84. The zero-order valence-electron chi connectivity index (χ0n) is 10.0. The van der Waals surface area contributed by atoms with Crippen LogP contribution in [-0.2, 0) is 10.0 Å². The van der Waals surface area contributed by atoms with Gasteiger partial charge in [0.05, 0.1) is 4.90 Å². The van der Waals surface area contributed by atoms with Crippen LogP contribution in [0.1, 0.15) is 12.8 Å². The van der Waals surface area contributed by atoms with E-state index < -0.39 is 10.0 Å². The molecule has 0 amide bonds. The van der Waals surface area contributed by atoms with E-state index >= 15 is 0 Å². The summed E-state index contributed by atoms with van der Waals surface area (Å²) in [5.74, 6) is 0.595. The lowest BCUT2D eigenvalue weighted by molar-refractivity contribution is 0.270.